The van der Waals surface area contributed by atoms with Gasteiger partial charge in [-0.15, -0.1) is 11.3 Å². The van der Waals surface area contributed by atoms with Crippen LogP contribution in [0.25, 0.3) is 0 Å². The second-order valence-electron chi connectivity index (χ2n) is 5.06. The predicted octanol–water partition coefficient (Wildman–Crippen LogP) is 1.74. The summed E-state index contributed by atoms with van der Waals surface area (Å²) in [7, 11) is 0. The van der Waals surface area contributed by atoms with E-state index in [0.717, 1.165) is 42.6 Å². The van der Waals surface area contributed by atoms with Crippen molar-refractivity contribution in [1.82, 2.24) is 9.80 Å². The molecule has 1 aliphatic rings. The van der Waals surface area contributed by atoms with Crippen molar-refractivity contribution >= 4 is 17.2 Å². The summed E-state index contributed by atoms with van der Waals surface area (Å²) in [5.74, 6) is 0.0385. The maximum absolute atomic E-state index is 12.5. The number of rotatable bonds is 6. The highest BCUT2D eigenvalue weighted by Gasteiger charge is 2.19. The number of hydrogen-bond acceptors (Lipinski definition) is 5. The van der Waals surface area contributed by atoms with E-state index in [2.05, 4.69) is 11.0 Å². The molecule has 1 saturated heterocycles. The van der Waals surface area contributed by atoms with Crippen LogP contribution < -0.4 is 0 Å². The Hall–Kier alpha value is -1.42. The smallest absolute Gasteiger partial charge is 0.264 e. The fraction of sp³-hybridized carbons (Fsp3) is 0.600. The third-order valence-corrected chi connectivity index (χ3v) is 4.51. The number of aryl methyl sites for hydroxylation is 1. The summed E-state index contributed by atoms with van der Waals surface area (Å²) in [6.07, 6.45) is 0.374. The van der Waals surface area contributed by atoms with E-state index in [0.29, 0.717) is 19.5 Å². The fourth-order valence-corrected chi connectivity index (χ4v) is 3.13. The summed E-state index contributed by atoms with van der Waals surface area (Å²) >= 11 is 1.51. The van der Waals surface area contributed by atoms with Gasteiger partial charge in [0.15, 0.2) is 0 Å². The van der Waals surface area contributed by atoms with Gasteiger partial charge in [-0.1, -0.05) is 0 Å². The molecule has 0 saturated carbocycles. The molecule has 21 heavy (non-hydrogen) atoms. The molecule has 1 fully saturated rings. The van der Waals surface area contributed by atoms with Gasteiger partial charge in [-0.3, -0.25) is 9.69 Å². The molecule has 0 radical (unpaired) electrons. The molecule has 0 unspecified atom stereocenters. The largest absolute Gasteiger partial charge is 0.379 e. The first-order valence-corrected chi connectivity index (χ1v) is 8.05. The van der Waals surface area contributed by atoms with Crippen molar-refractivity contribution in [2.75, 3.05) is 45.9 Å². The molecular weight excluding hydrogens is 286 g/mol. The Labute approximate surface area is 129 Å². The first kappa shape index (κ1) is 16.0. The van der Waals surface area contributed by atoms with E-state index in [9.17, 15) is 4.79 Å². The Kier molecular flexibility index (Phi) is 6.18. The molecule has 114 valence electrons. The fourth-order valence-electron chi connectivity index (χ4n) is 2.29. The van der Waals surface area contributed by atoms with Crippen LogP contribution in [0.5, 0.6) is 0 Å². The highest BCUT2D eigenvalue weighted by molar-refractivity contribution is 7.13. The van der Waals surface area contributed by atoms with Crippen LogP contribution in [0.2, 0.25) is 0 Å². The number of hydrogen-bond donors (Lipinski definition) is 0. The number of nitrogens with zero attached hydrogens (tertiary/aromatic N) is 3. The summed E-state index contributed by atoms with van der Waals surface area (Å²) < 4.78 is 5.33. The summed E-state index contributed by atoms with van der Waals surface area (Å²) in [5, 5.41) is 8.78. The van der Waals surface area contributed by atoms with E-state index in [1.165, 1.54) is 11.3 Å². The minimum absolute atomic E-state index is 0.0385. The van der Waals surface area contributed by atoms with Crippen LogP contribution in [0, 0.1) is 18.3 Å². The number of ether oxygens (including phenoxy) is 1. The third kappa shape index (κ3) is 4.81. The van der Waals surface area contributed by atoms with Crippen LogP contribution >= 0.6 is 11.3 Å². The molecule has 0 spiro atoms. The second-order valence-corrected chi connectivity index (χ2v) is 6.35. The van der Waals surface area contributed by atoms with Gasteiger partial charge in [0.25, 0.3) is 5.91 Å². The van der Waals surface area contributed by atoms with Crippen molar-refractivity contribution in [3.05, 3.63) is 21.9 Å². The standard InChI is InChI=1S/C15H21N3O2S/c1-13-3-4-14(21-13)15(19)18(6-2-5-16)8-7-17-9-11-20-12-10-17/h3-4H,2,6-12H2,1H3. The molecule has 1 aliphatic heterocycles. The monoisotopic (exact) mass is 307 g/mol. The normalized spacial score (nSPS) is 15.6. The van der Waals surface area contributed by atoms with E-state index in [1.54, 1.807) is 4.90 Å². The molecule has 0 aliphatic carbocycles. The number of nitriles is 1. The Morgan fingerprint density at radius 1 is 1.43 bits per heavy atom. The molecule has 1 aromatic heterocycles. The Balaban J connectivity index is 1.93. The van der Waals surface area contributed by atoms with Gasteiger partial charge in [-0.05, 0) is 19.1 Å². The lowest BCUT2D eigenvalue weighted by molar-refractivity contribution is 0.0327. The van der Waals surface area contributed by atoms with Crippen LogP contribution in [0.4, 0.5) is 0 Å². The highest BCUT2D eigenvalue weighted by Crippen LogP contribution is 2.17. The minimum atomic E-state index is 0.0385. The summed E-state index contributed by atoms with van der Waals surface area (Å²) in [4.78, 5) is 18.5. The lowest BCUT2D eigenvalue weighted by Gasteiger charge is -2.29. The molecule has 0 bridgehead atoms. The van der Waals surface area contributed by atoms with Gasteiger partial charge in [0.05, 0.1) is 30.6 Å². The number of carbonyl (C=O) groups excluding carboxylic acids is 1. The Bertz CT molecular complexity index is 503. The minimum Gasteiger partial charge on any atom is -0.379 e. The average Bonchev–Trinajstić information content (AvgIpc) is 2.94. The molecule has 2 heterocycles. The maximum atomic E-state index is 12.5. The van der Waals surface area contributed by atoms with Gasteiger partial charge in [0, 0.05) is 37.6 Å². The van der Waals surface area contributed by atoms with Gasteiger partial charge in [0.1, 0.15) is 0 Å². The van der Waals surface area contributed by atoms with Crippen molar-refractivity contribution in [2.24, 2.45) is 0 Å². The SMILES string of the molecule is Cc1ccc(C(=O)N(CCC#N)CCN2CCOCC2)s1. The van der Waals surface area contributed by atoms with Crippen molar-refractivity contribution in [3.8, 4) is 6.07 Å². The Morgan fingerprint density at radius 3 is 2.81 bits per heavy atom. The summed E-state index contributed by atoms with van der Waals surface area (Å²) in [6.45, 7) is 7.34. The van der Waals surface area contributed by atoms with E-state index in [4.69, 9.17) is 10.00 Å². The van der Waals surface area contributed by atoms with Gasteiger partial charge < -0.3 is 9.64 Å². The zero-order valence-electron chi connectivity index (χ0n) is 12.4. The van der Waals surface area contributed by atoms with E-state index in [1.807, 2.05) is 19.1 Å². The first-order chi connectivity index (χ1) is 10.2. The van der Waals surface area contributed by atoms with E-state index < -0.39 is 0 Å². The van der Waals surface area contributed by atoms with Crippen molar-refractivity contribution in [2.45, 2.75) is 13.3 Å². The first-order valence-electron chi connectivity index (χ1n) is 7.23. The molecule has 1 aromatic rings. The lowest BCUT2D eigenvalue weighted by atomic mass is 10.3. The molecule has 0 N–H and O–H groups in total. The lowest BCUT2D eigenvalue weighted by Crippen LogP contribution is -2.43. The molecule has 2 rings (SSSR count). The van der Waals surface area contributed by atoms with Crippen molar-refractivity contribution < 1.29 is 9.53 Å². The second kappa shape index (κ2) is 8.13. The summed E-state index contributed by atoms with van der Waals surface area (Å²) in [5.41, 5.74) is 0. The predicted molar refractivity (Wildman–Crippen MR) is 82.4 cm³/mol. The van der Waals surface area contributed by atoms with Gasteiger partial charge >= 0.3 is 0 Å². The van der Waals surface area contributed by atoms with Crippen LogP contribution in [-0.4, -0.2) is 61.6 Å². The quantitative estimate of drug-likeness (QED) is 0.803. The molecule has 0 aromatic carbocycles. The number of amides is 1. The number of carbonyl (C=O) groups is 1. The van der Waals surface area contributed by atoms with Crippen molar-refractivity contribution in [1.29, 1.82) is 5.26 Å². The molecular formula is C15H21N3O2S. The van der Waals surface area contributed by atoms with Gasteiger partial charge in [0.2, 0.25) is 0 Å². The summed E-state index contributed by atoms with van der Waals surface area (Å²) in [6, 6.07) is 5.96. The maximum Gasteiger partial charge on any atom is 0.264 e. The van der Waals surface area contributed by atoms with E-state index in [-0.39, 0.29) is 5.91 Å². The van der Waals surface area contributed by atoms with Crippen LogP contribution in [0.1, 0.15) is 21.0 Å². The average molecular weight is 307 g/mol. The van der Waals surface area contributed by atoms with E-state index >= 15 is 0 Å². The van der Waals surface area contributed by atoms with Crippen LogP contribution in [0.3, 0.4) is 0 Å². The van der Waals surface area contributed by atoms with Gasteiger partial charge in [-0.25, -0.2) is 0 Å². The highest BCUT2D eigenvalue weighted by atomic mass is 32.1. The Morgan fingerprint density at radius 2 is 2.19 bits per heavy atom. The zero-order valence-corrected chi connectivity index (χ0v) is 13.2. The molecule has 5 nitrogen and oxygen atoms in total. The number of morpholine rings is 1. The molecule has 6 heteroatoms. The third-order valence-electron chi connectivity index (χ3n) is 3.52. The molecule has 1 amide bonds. The van der Waals surface area contributed by atoms with Crippen LogP contribution in [-0.2, 0) is 4.74 Å². The molecule has 0 atom stereocenters. The van der Waals surface area contributed by atoms with Crippen LogP contribution in [0.15, 0.2) is 12.1 Å². The van der Waals surface area contributed by atoms with Gasteiger partial charge in [-0.2, -0.15) is 5.26 Å². The number of thiophene rings is 1. The topological polar surface area (TPSA) is 56.6 Å². The van der Waals surface area contributed by atoms with Crippen molar-refractivity contribution in [3.63, 3.8) is 0 Å². The zero-order chi connectivity index (χ0) is 15.1.